The lowest BCUT2D eigenvalue weighted by Crippen LogP contribution is -2.53. The minimum absolute atomic E-state index is 0.664. The number of unbranched alkanes of at least 4 members (excludes halogenated alkanes) is 1. The van der Waals surface area contributed by atoms with E-state index in [2.05, 4.69) is 70.6 Å². The van der Waals surface area contributed by atoms with Crippen LogP contribution in [0.3, 0.4) is 0 Å². The van der Waals surface area contributed by atoms with E-state index in [-0.39, 0.29) is 0 Å². The maximum atomic E-state index is 5.69. The Hall–Kier alpha value is -1.91. The molecule has 0 spiro atoms. The van der Waals surface area contributed by atoms with Gasteiger partial charge in [-0.05, 0) is 66.7 Å². The summed E-state index contributed by atoms with van der Waals surface area (Å²) in [6.07, 6.45) is 6.05. The lowest BCUT2D eigenvalue weighted by molar-refractivity contribution is 0.137. The molecule has 1 aliphatic carbocycles. The Morgan fingerprint density at radius 2 is 1.61 bits per heavy atom. The first-order valence-electron chi connectivity index (χ1n) is 10.7. The molecule has 0 unspecified atom stereocenters. The van der Waals surface area contributed by atoms with Gasteiger partial charge in [0.2, 0.25) is 0 Å². The highest BCUT2D eigenvalue weighted by molar-refractivity contribution is 7.80. The Balaban J connectivity index is 1.25. The van der Waals surface area contributed by atoms with Gasteiger partial charge in [0.1, 0.15) is 0 Å². The maximum absolute atomic E-state index is 5.69. The molecule has 1 fully saturated rings. The summed E-state index contributed by atoms with van der Waals surface area (Å²) in [5, 5.41) is 4.29. The maximum Gasteiger partial charge on any atom is 0.173 e. The molecule has 1 N–H and O–H groups in total. The molecule has 0 atom stereocenters. The lowest BCUT2D eigenvalue weighted by atomic mass is 10.1. The van der Waals surface area contributed by atoms with Crippen molar-refractivity contribution in [2.75, 3.05) is 31.5 Å². The SMILES string of the molecule is CCCCc1ccc(NC(=S)N2CCN(C3Cc4ccccc4C3)CC2)cc1. The molecule has 2 aromatic rings. The Bertz CT molecular complexity index is 769. The topological polar surface area (TPSA) is 18.5 Å². The van der Waals surface area contributed by atoms with Crippen molar-refractivity contribution in [1.29, 1.82) is 0 Å². The third kappa shape index (κ3) is 4.56. The van der Waals surface area contributed by atoms with Crippen molar-refractivity contribution in [3.05, 3.63) is 65.2 Å². The van der Waals surface area contributed by atoms with Gasteiger partial charge >= 0.3 is 0 Å². The van der Waals surface area contributed by atoms with Crippen LogP contribution in [0.25, 0.3) is 0 Å². The summed E-state index contributed by atoms with van der Waals surface area (Å²) in [6.45, 7) is 6.44. The molecule has 3 nitrogen and oxygen atoms in total. The number of nitrogens with zero attached hydrogens (tertiary/aromatic N) is 2. The molecule has 148 valence electrons. The van der Waals surface area contributed by atoms with Crippen LogP contribution in [0.1, 0.15) is 36.5 Å². The number of thiocarbonyl (C=S) groups is 1. The predicted octanol–water partition coefficient (Wildman–Crippen LogP) is 4.51. The van der Waals surface area contributed by atoms with Crippen molar-refractivity contribution in [3.8, 4) is 0 Å². The van der Waals surface area contributed by atoms with Crippen molar-refractivity contribution in [2.45, 2.75) is 45.1 Å². The van der Waals surface area contributed by atoms with Crippen LogP contribution in [0.5, 0.6) is 0 Å². The van der Waals surface area contributed by atoms with Gasteiger partial charge in [0.15, 0.2) is 5.11 Å². The average Bonchev–Trinajstić information content (AvgIpc) is 3.18. The Kier molecular flexibility index (Phi) is 6.28. The van der Waals surface area contributed by atoms with Crippen molar-refractivity contribution in [1.82, 2.24) is 9.80 Å². The molecule has 4 rings (SSSR count). The van der Waals surface area contributed by atoms with Gasteiger partial charge in [0, 0.05) is 37.9 Å². The molecule has 28 heavy (non-hydrogen) atoms. The third-order valence-electron chi connectivity index (χ3n) is 6.17. The summed E-state index contributed by atoms with van der Waals surface area (Å²) in [4.78, 5) is 4.97. The van der Waals surface area contributed by atoms with E-state index in [9.17, 15) is 0 Å². The van der Waals surface area contributed by atoms with E-state index in [0.717, 1.165) is 43.4 Å². The van der Waals surface area contributed by atoms with Gasteiger partial charge in [-0.3, -0.25) is 4.90 Å². The molecular formula is C24H31N3S. The van der Waals surface area contributed by atoms with Crippen LogP contribution < -0.4 is 5.32 Å². The number of piperazine rings is 1. The number of benzene rings is 2. The average molecular weight is 394 g/mol. The number of aryl methyl sites for hydroxylation is 1. The van der Waals surface area contributed by atoms with Crippen LogP contribution in [0, 0.1) is 0 Å². The second kappa shape index (κ2) is 9.06. The lowest BCUT2D eigenvalue weighted by Gasteiger charge is -2.39. The molecule has 4 heteroatoms. The molecule has 0 saturated carbocycles. The molecule has 0 aromatic heterocycles. The first-order chi connectivity index (χ1) is 13.7. The quantitative estimate of drug-likeness (QED) is 0.753. The van der Waals surface area contributed by atoms with E-state index in [0.29, 0.717) is 6.04 Å². The van der Waals surface area contributed by atoms with Gasteiger partial charge in [-0.15, -0.1) is 0 Å². The summed E-state index contributed by atoms with van der Waals surface area (Å²) in [5.41, 5.74) is 5.58. The largest absolute Gasteiger partial charge is 0.346 e. The Labute approximate surface area is 174 Å². The number of anilines is 1. The standard InChI is InChI=1S/C24H31N3S/c1-2-3-6-19-9-11-22(12-10-19)25-24(28)27-15-13-26(14-16-27)23-17-20-7-4-5-8-21(20)18-23/h4-5,7-12,23H,2-3,6,13-18H2,1H3,(H,25,28). The Morgan fingerprint density at radius 1 is 0.964 bits per heavy atom. The molecule has 0 radical (unpaired) electrons. The van der Waals surface area contributed by atoms with Gasteiger partial charge in [0.25, 0.3) is 0 Å². The van der Waals surface area contributed by atoms with Gasteiger partial charge in [-0.25, -0.2) is 0 Å². The first-order valence-corrected chi connectivity index (χ1v) is 11.1. The molecule has 0 amide bonds. The minimum atomic E-state index is 0.664. The second-order valence-electron chi connectivity index (χ2n) is 8.08. The van der Waals surface area contributed by atoms with Crippen molar-refractivity contribution < 1.29 is 0 Å². The summed E-state index contributed by atoms with van der Waals surface area (Å²) in [7, 11) is 0. The number of hydrogen-bond acceptors (Lipinski definition) is 2. The summed E-state index contributed by atoms with van der Waals surface area (Å²) in [6, 6.07) is 18.3. The van der Waals surface area contributed by atoms with E-state index in [1.54, 1.807) is 0 Å². The van der Waals surface area contributed by atoms with Crippen molar-refractivity contribution in [2.24, 2.45) is 0 Å². The zero-order valence-electron chi connectivity index (χ0n) is 16.9. The van der Waals surface area contributed by atoms with E-state index < -0.39 is 0 Å². The minimum Gasteiger partial charge on any atom is -0.346 e. The van der Waals surface area contributed by atoms with Gasteiger partial charge in [-0.2, -0.15) is 0 Å². The van der Waals surface area contributed by atoms with Crippen LogP contribution in [0.2, 0.25) is 0 Å². The number of hydrogen-bond donors (Lipinski definition) is 1. The molecule has 1 aliphatic heterocycles. The van der Waals surface area contributed by atoms with Crippen LogP contribution in [0.15, 0.2) is 48.5 Å². The monoisotopic (exact) mass is 393 g/mol. The summed E-state index contributed by atoms with van der Waals surface area (Å²) >= 11 is 5.69. The van der Waals surface area contributed by atoms with Gasteiger partial charge in [0.05, 0.1) is 0 Å². The zero-order valence-corrected chi connectivity index (χ0v) is 17.7. The van der Waals surface area contributed by atoms with E-state index in [4.69, 9.17) is 12.2 Å². The highest BCUT2D eigenvalue weighted by Gasteiger charge is 2.29. The summed E-state index contributed by atoms with van der Waals surface area (Å²) in [5.74, 6) is 0. The highest BCUT2D eigenvalue weighted by Crippen LogP contribution is 2.26. The van der Waals surface area contributed by atoms with Crippen LogP contribution >= 0.6 is 12.2 Å². The highest BCUT2D eigenvalue weighted by atomic mass is 32.1. The fraction of sp³-hybridized carbons (Fsp3) is 0.458. The van der Waals surface area contributed by atoms with Gasteiger partial charge in [-0.1, -0.05) is 49.7 Å². The fourth-order valence-electron chi connectivity index (χ4n) is 4.42. The predicted molar refractivity (Wildman–Crippen MR) is 122 cm³/mol. The number of fused-ring (bicyclic) bond motifs is 1. The van der Waals surface area contributed by atoms with E-state index >= 15 is 0 Å². The van der Waals surface area contributed by atoms with E-state index in [1.807, 2.05) is 0 Å². The zero-order chi connectivity index (χ0) is 19.3. The molecular weight excluding hydrogens is 362 g/mol. The second-order valence-corrected chi connectivity index (χ2v) is 8.47. The van der Waals surface area contributed by atoms with Crippen molar-refractivity contribution in [3.63, 3.8) is 0 Å². The van der Waals surface area contributed by atoms with Crippen LogP contribution in [-0.2, 0) is 19.3 Å². The molecule has 2 aliphatic rings. The van der Waals surface area contributed by atoms with Crippen LogP contribution in [-0.4, -0.2) is 47.1 Å². The number of nitrogens with one attached hydrogen (secondary N) is 1. The molecule has 1 heterocycles. The Morgan fingerprint density at radius 3 is 2.21 bits per heavy atom. The van der Waals surface area contributed by atoms with Gasteiger partial charge < -0.3 is 10.2 Å². The smallest absolute Gasteiger partial charge is 0.173 e. The molecule has 0 bridgehead atoms. The molecule has 1 saturated heterocycles. The fourth-order valence-corrected chi connectivity index (χ4v) is 4.72. The van der Waals surface area contributed by atoms with Crippen LogP contribution in [0.4, 0.5) is 5.69 Å². The molecule has 2 aromatic carbocycles. The first kappa shape index (κ1) is 19.4. The normalized spacial score (nSPS) is 17.5. The van der Waals surface area contributed by atoms with E-state index in [1.165, 1.54) is 42.4 Å². The third-order valence-corrected chi connectivity index (χ3v) is 6.53. The van der Waals surface area contributed by atoms with Crippen molar-refractivity contribution >= 4 is 23.0 Å². The number of rotatable bonds is 5. The summed E-state index contributed by atoms with van der Waals surface area (Å²) < 4.78 is 0.